The van der Waals surface area contributed by atoms with Crippen molar-refractivity contribution in [2.24, 2.45) is 0 Å². The average molecular weight is 243 g/mol. The molecule has 0 aromatic rings. The van der Waals surface area contributed by atoms with Gasteiger partial charge in [-0.1, -0.05) is 0 Å². The summed E-state index contributed by atoms with van der Waals surface area (Å²) in [4.78, 5) is 8.56. The minimum Gasteiger partial charge on any atom is -0.450 e. The molecule has 0 aromatic carbocycles. The van der Waals surface area contributed by atoms with Crippen molar-refractivity contribution >= 4 is 6.16 Å². The molecule has 0 bridgehead atoms. The molecule has 0 fully saturated rings. The van der Waals surface area contributed by atoms with Gasteiger partial charge < -0.3 is 10.2 Å². The van der Waals surface area contributed by atoms with Crippen LogP contribution in [0.1, 0.15) is 0 Å². The number of carbonyl (C=O) groups is 1. The molecular weight excluding hydrogens is 241 g/mol. The van der Waals surface area contributed by atoms with Crippen molar-refractivity contribution in [3.05, 3.63) is 0 Å². The first-order valence-electron chi connectivity index (χ1n) is 0.651. The number of hydrogen-bond acceptors (Lipinski definition) is 1. The fourth-order valence-electron chi connectivity index (χ4n) is 0. The Bertz CT molecular complexity index is 29.9. The Morgan fingerprint density at radius 2 is 1.40 bits per heavy atom. The maximum absolute atomic E-state index is 8.56. The Labute approximate surface area is 44.1 Å². The van der Waals surface area contributed by atoms with Crippen molar-refractivity contribution in [1.29, 1.82) is 0 Å². The van der Waals surface area contributed by atoms with Crippen LogP contribution in [0.4, 0.5) is 4.79 Å². The van der Waals surface area contributed by atoms with E-state index in [1.807, 2.05) is 0 Å². The van der Waals surface area contributed by atoms with Crippen LogP contribution in [0.25, 0.3) is 0 Å². The zero-order valence-electron chi connectivity index (χ0n) is 2.25. The minimum atomic E-state index is -1.83. The number of carboxylic acid groups (broad SMARTS) is 2. The molecule has 0 amide bonds. The van der Waals surface area contributed by atoms with Gasteiger partial charge in [0, 0.05) is 22.4 Å². The van der Waals surface area contributed by atoms with Crippen LogP contribution in [0.15, 0.2) is 0 Å². The largest absolute Gasteiger partial charge is 0.503 e. The molecule has 0 saturated carbocycles. The van der Waals surface area contributed by atoms with E-state index < -0.39 is 6.16 Å². The smallest absolute Gasteiger partial charge is 0.450 e. The molecular formula is CH2O3Ta. The second-order valence-electron chi connectivity index (χ2n) is 0.283. The number of hydrogen-bond donors (Lipinski definition) is 2. The van der Waals surface area contributed by atoms with Crippen molar-refractivity contribution in [2.75, 3.05) is 0 Å². The first kappa shape index (κ1) is 8.89. The second kappa shape index (κ2) is 4.01. The molecule has 0 rings (SSSR count). The van der Waals surface area contributed by atoms with Crippen molar-refractivity contribution < 1.29 is 37.4 Å². The summed E-state index contributed by atoms with van der Waals surface area (Å²) < 4.78 is 0. The van der Waals surface area contributed by atoms with E-state index in [4.69, 9.17) is 15.0 Å². The summed E-state index contributed by atoms with van der Waals surface area (Å²) >= 11 is 0. The van der Waals surface area contributed by atoms with Crippen LogP contribution in [0.5, 0.6) is 0 Å². The van der Waals surface area contributed by atoms with Crippen LogP contribution < -0.4 is 0 Å². The molecule has 2 N–H and O–H groups in total. The standard InChI is InChI=1S/CH2O3.Ta/c2-1(3)4;/h(H2,2,3,4);. The van der Waals surface area contributed by atoms with Gasteiger partial charge in [-0.15, -0.1) is 0 Å². The molecule has 0 spiro atoms. The molecule has 0 heterocycles. The van der Waals surface area contributed by atoms with Crippen LogP contribution in [0, 0.1) is 0 Å². The van der Waals surface area contributed by atoms with E-state index in [0.29, 0.717) is 0 Å². The summed E-state index contributed by atoms with van der Waals surface area (Å²) in [6.07, 6.45) is -1.83. The van der Waals surface area contributed by atoms with Gasteiger partial charge in [-0.05, 0) is 0 Å². The minimum absolute atomic E-state index is 0. The molecule has 0 aliphatic heterocycles. The van der Waals surface area contributed by atoms with Gasteiger partial charge >= 0.3 is 6.16 Å². The third-order valence-corrected chi connectivity index (χ3v) is 0. The summed E-state index contributed by atoms with van der Waals surface area (Å²) in [5, 5.41) is 13.9. The fourth-order valence-corrected chi connectivity index (χ4v) is 0. The molecule has 0 aliphatic rings. The van der Waals surface area contributed by atoms with E-state index >= 15 is 0 Å². The molecule has 0 atom stereocenters. The topological polar surface area (TPSA) is 57.5 Å². The Balaban J connectivity index is 0. The molecule has 0 aromatic heterocycles. The van der Waals surface area contributed by atoms with E-state index in [9.17, 15) is 0 Å². The Kier molecular flexibility index (Phi) is 7.13. The van der Waals surface area contributed by atoms with Gasteiger partial charge in [0.15, 0.2) is 0 Å². The summed E-state index contributed by atoms with van der Waals surface area (Å²) in [6, 6.07) is 0. The maximum atomic E-state index is 8.56. The van der Waals surface area contributed by atoms with Gasteiger partial charge in [0.25, 0.3) is 0 Å². The van der Waals surface area contributed by atoms with Gasteiger partial charge in [0.05, 0.1) is 0 Å². The predicted molar refractivity (Wildman–Crippen MR) is 10.7 cm³/mol. The summed E-state index contributed by atoms with van der Waals surface area (Å²) in [7, 11) is 0. The fraction of sp³-hybridized carbons (Fsp3) is 0. The third-order valence-electron chi connectivity index (χ3n) is 0. The normalized spacial score (nSPS) is 4.80. The van der Waals surface area contributed by atoms with E-state index in [2.05, 4.69) is 0 Å². The summed E-state index contributed by atoms with van der Waals surface area (Å²) in [6.45, 7) is 0. The molecule has 0 saturated heterocycles. The van der Waals surface area contributed by atoms with Gasteiger partial charge in [-0.3, -0.25) is 0 Å². The van der Waals surface area contributed by atoms with Crippen LogP contribution in [-0.4, -0.2) is 16.4 Å². The third kappa shape index (κ3) is 154000. The Hall–Kier alpha value is 0.0103. The predicted octanol–water partition coefficient (Wildman–Crippen LogP) is 0.220. The Morgan fingerprint density at radius 3 is 1.40 bits per heavy atom. The van der Waals surface area contributed by atoms with Crippen LogP contribution in [0.3, 0.4) is 0 Å². The zero-order chi connectivity index (χ0) is 3.58. The van der Waals surface area contributed by atoms with Crippen molar-refractivity contribution in [3.8, 4) is 0 Å². The van der Waals surface area contributed by atoms with E-state index in [1.54, 1.807) is 0 Å². The zero-order valence-corrected chi connectivity index (χ0v) is 5.46. The molecule has 0 aliphatic carbocycles. The van der Waals surface area contributed by atoms with Crippen LogP contribution in [0.2, 0.25) is 0 Å². The molecule has 3 nitrogen and oxygen atoms in total. The summed E-state index contributed by atoms with van der Waals surface area (Å²) in [5.74, 6) is 0. The quantitative estimate of drug-likeness (QED) is 0.639. The Morgan fingerprint density at radius 1 is 1.40 bits per heavy atom. The second-order valence-corrected chi connectivity index (χ2v) is 0.283. The number of rotatable bonds is 0. The molecule has 4 heteroatoms. The first-order chi connectivity index (χ1) is 1.73. The van der Waals surface area contributed by atoms with E-state index in [-0.39, 0.29) is 22.4 Å². The molecule has 1 radical (unpaired) electrons. The molecule has 0 unspecified atom stereocenters. The van der Waals surface area contributed by atoms with Gasteiger partial charge in [-0.2, -0.15) is 0 Å². The average Bonchev–Trinajstić information content (AvgIpc) is 0.811. The van der Waals surface area contributed by atoms with E-state index in [0.717, 1.165) is 0 Å². The molecule has 5 heavy (non-hydrogen) atoms. The van der Waals surface area contributed by atoms with Crippen molar-refractivity contribution in [3.63, 3.8) is 0 Å². The van der Waals surface area contributed by atoms with Gasteiger partial charge in [0.2, 0.25) is 0 Å². The van der Waals surface area contributed by atoms with E-state index in [1.165, 1.54) is 0 Å². The van der Waals surface area contributed by atoms with Gasteiger partial charge in [-0.25, -0.2) is 4.79 Å². The monoisotopic (exact) mass is 243 g/mol. The van der Waals surface area contributed by atoms with Crippen LogP contribution in [-0.2, 0) is 22.4 Å². The van der Waals surface area contributed by atoms with Crippen LogP contribution >= 0.6 is 0 Å². The van der Waals surface area contributed by atoms with Crippen molar-refractivity contribution in [1.82, 2.24) is 0 Å². The first-order valence-corrected chi connectivity index (χ1v) is 0.651. The summed E-state index contributed by atoms with van der Waals surface area (Å²) in [5.41, 5.74) is 0. The SMILES string of the molecule is O=C(O)O.[Ta]. The van der Waals surface area contributed by atoms with Crippen molar-refractivity contribution in [2.45, 2.75) is 0 Å². The van der Waals surface area contributed by atoms with Gasteiger partial charge in [0.1, 0.15) is 0 Å². The maximum Gasteiger partial charge on any atom is 0.503 e. The molecule has 29 valence electrons.